The van der Waals surface area contributed by atoms with Gasteiger partial charge in [-0.15, -0.1) is 15.3 Å². The highest BCUT2D eigenvalue weighted by atomic mass is 32.2. The van der Waals surface area contributed by atoms with E-state index in [2.05, 4.69) is 37.5 Å². The van der Waals surface area contributed by atoms with Gasteiger partial charge in [0, 0.05) is 19.5 Å². The molecule has 2 aromatic heterocycles. The summed E-state index contributed by atoms with van der Waals surface area (Å²) in [4.78, 5) is 0. The van der Waals surface area contributed by atoms with Crippen molar-refractivity contribution in [2.45, 2.75) is 26.2 Å². The number of hydrogen-bond donors (Lipinski definition) is 2. The molecule has 1 aromatic carbocycles. The minimum atomic E-state index is -3.21. The lowest BCUT2D eigenvalue weighted by molar-refractivity contribution is 0.581. The van der Waals surface area contributed by atoms with E-state index in [1.807, 2.05) is 30.3 Å². The maximum atomic E-state index is 11.5. The Hall–Kier alpha value is -2.52. The summed E-state index contributed by atoms with van der Waals surface area (Å²) in [5.41, 5.74) is 1.96. The molecule has 0 spiro atoms. The van der Waals surface area contributed by atoms with Crippen molar-refractivity contribution in [2.75, 3.05) is 24.2 Å². The topological polar surface area (TPSA) is 101 Å². The number of aromatic nitrogens is 4. The molecule has 0 fully saturated rings. The molecule has 0 unspecified atom stereocenters. The molecule has 3 aromatic rings. The van der Waals surface area contributed by atoms with Crippen molar-refractivity contribution in [3.63, 3.8) is 0 Å². The molecule has 2 heterocycles. The van der Waals surface area contributed by atoms with Gasteiger partial charge in [0.2, 0.25) is 10.0 Å². The number of anilines is 1. The SMILES string of the molecule is CCS(=O)(=O)NCCc1nnc2ccc(NCCCc3ccccc3)nn12. The molecule has 8 nitrogen and oxygen atoms in total. The van der Waals surface area contributed by atoms with Gasteiger partial charge >= 0.3 is 0 Å². The Labute approximate surface area is 159 Å². The van der Waals surface area contributed by atoms with Gasteiger partial charge in [-0.05, 0) is 37.5 Å². The van der Waals surface area contributed by atoms with Gasteiger partial charge < -0.3 is 5.32 Å². The maximum absolute atomic E-state index is 11.5. The number of nitrogens with zero attached hydrogens (tertiary/aromatic N) is 4. The van der Waals surface area contributed by atoms with Gasteiger partial charge in [0.15, 0.2) is 11.5 Å². The van der Waals surface area contributed by atoms with Crippen LogP contribution in [0.5, 0.6) is 0 Å². The molecule has 0 bridgehead atoms. The zero-order valence-electron chi connectivity index (χ0n) is 15.3. The van der Waals surface area contributed by atoms with E-state index in [1.165, 1.54) is 5.56 Å². The molecule has 144 valence electrons. The second-order valence-corrected chi connectivity index (χ2v) is 8.26. The van der Waals surface area contributed by atoms with Crippen molar-refractivity contribution in [1.82, 2.24) is 24.5 Å². The summed E-state index contributed by atoms with van der Waals surface area (Å²) < 4.78 is 27.2. The van der Waals surface area contributed by atoms with E-state index in [0.29, 0.717) is 17.9 Å². The van der Waals surface area contributed by atoms with Crippen molar-refractivity contribution in [2.24, 2.45) is 0 Å². The normalized spacial score (nSPS) is 11.7. The summed E-state index contributed by atoms with van der Waals surface area (Å²) in [6.45, 7) is 2.68. The summed E-state index contributed by atoms with van der Waals surface area (Å²) in [5.74, 6) is 1.42. The molecule has 0 saturated carbocycles. The fraction of sp³-hybridized carbons (Fsp3) is 0.389. The molecule has 0 amide bonds. The highest BCUT2D eigenvalue weighted by molar-refractivity contribution is 7.89. The molecule has 27 heavy (non-hydrogen) atoms. The second kappa shape index (κ2) is 8.92. The minimum Gasteiger partial charge on any atom is -0.369 e. The smallest absolute Gasteiger partial charge is 0.211 e. The van der Waals surface area contributed by atoms with E-state index in [0.717, 1.165) is 25.2 Å². The average molecular weight is 388 g/mol. The first-order chi connectivity index (χ1) is 13.1. The molecule has 2 N–H and O–H groups in total. The Bertz CT molecular complexity index is 972. The molecule has 0 saturated heterocycles. The van der Waals surface area contributed by atoms with Gasteiger partial charge in [0.1, 0.15) is 5.82 Å². The van der Waals surface area contributed by atoms with Crippen LogP contribution in [-0.2, 0) is 22.9 Å². The van der Waals surface area contributed by atoms with Crippen LogP contribution in [0.3, 0.4) is 0 Å². The van der Waals surface area contributed by atoms with Gasteiger partial charge in [0.05, 0.1) is 5.75 Å². The zero-order valence-corrected chi connectivity index (χ0v) is 16.1. The molecular weight excluding hydrogens is 364 g/mol. The number of nitrogens with one attached hydrogen (secondary N) is 2. The Balaban J connectivity index is 1.56. The lowest BCUT2D eigenvalue weighted by Gasteiger charge is -2.07. The predicted molar refractivity (Wildman–Crippen MR) is 105 cm³/mol. The van der Waals surface area contributed by atoms with Crippen LogP contribution in [0.25, 0.3) is 5.65 Å². The third-order valence-corrected chi connectivity index (χ3v) is 5.57. The number of sulfonamides is 1. The zero-order chi connectivity index (χ0) is 19.1. The highest BCUT2D eigenvalue weighted by Crippen LogP contribution is 2.09. The van der Waals surface area contributed by atoms with Gasteiger partial charge in [0.25, 0.3) is 0 Å². The Morgan fingerprint density at radius 2 is 1.81 bits per heavy atom. The van der Waals surface area contributed by atoms with Crippen LogP contribution in [0.1, 0.15) is 24.7 Å². The monoisotopic (exact) mass is 388 g/mol. The van der Waals surface area contributed by atoms with E-state index in [-0.39, 0.29) is 12.3 Å². The van der Waals surface area contributed by atoms with Crippen LogP contribution < -0.4 is 10.0 Å². The van der Waals surface area contributed by atoms with Crippen LogP contribution in [0.4, 0.5) is 5.82 Å². The predicted octanol–water partition coefficient (Wildman–Crippen LogP) is 1.65. The third-order valence-electron chi connectivity index (χ3n) is 4.17. The van der Waals surface area contributed by atoms with E-state index in [1.54, 1.807) is 11.4 Å². The van der Waals surface area contributed by atoms with Gasteiger partial charge in [-0.1, -0.05) is 30.3 Å². The van der Waals surface area contributed by atoms with Crippen molar-refractivity contribution >= 4 is 21.5 Å². The summed E-state index contributed by atoms with van der Waals surface area (Å²) in [6, 6.07) is 14.1. The van der Waals surface area contributed by atoms with Crippen LogP contribution in [0.2, 0.25) is 0 Å². The molecule has 0 radical (unpaired) electrons. The number of benzene rings is 1. The molecule has 0 atom stereocenters. The van der Waals surface area contributed by atoms with Crippen LogP contribution in [0, 0.1) is 0 Å². The molecule has 9 heteroatoms. The standard InChI is InChI=1S/C18H24N6O2S/c1-2-27(25,26)20-14-12-18-22-21-17-11-10-16(23-24(17)18)19-13-6-9-15-7-4-3-5-8-15/h3-5,7-8,10-11,20H,2,6,9,12-14H2,1H3,(H,19,23). The molecule has 0 aliphatic rings. The van der Waals surface area contributed by atoms with Crippen molar-refractivity contribution in [1.29, 1.82) is 0 Å². The van der Waals surface area contributed by atoms with E-state index >= 15 is 0 Å². The molecule has 3 rings (SSSR count). The first-order valence-electron chi connectivity index (χ1n) is 9.04. The van der Waals surface area contributed by atoms with Crippen molar-refractivity contribution in [3.05, 3.63) is 53.9 Å². The number of fused-ring (bicyclic) bond motifs is 1. The number of hydrogen-bond acceptors (Lipinski definition) is 6. The van der Waals surface area contributed by atoms with Crippen LogP contribution in [0.15, 0.2) is 42.5 Å². The molecule has 0 aliphatic carbocycles. The van der Waals surface area contributed by atoms with E-state index in [9.17, 15) is 8.42 Å². The number of aryl methyl sites for hydroxylation is 1. The van der Waals surface area contributed by atoms with E-state index in [4.69, 9.17) is 0 Å². The van der Waals surface area contributed by atoms with E-state index < -0.39 is 10.0 Å². The average Bonchev–Trinajstić information content (AvgIpc) is 3.08. The molecular formula is C18H24N6O2S. The summed E-state index contributed by atoms with van der Waals surface area (Å²) in [7, 11) is -3.21. The lowest BCUT2D eigenvalue weighted by Crippen LogP contribution is -2.27. The van der Waals surface area contributed by atoms with Crippen molar-refractivity contribution < 1.29 is 8.42 Å². The van der Waals surface area contributed by atoms with Crippen LogP contribution in [-0.4, -0.2) is 47.1 Å². The quantitative estimate of drug-likeness (QED) is 0.512. The lowest BCUT2D eigenvalue weighted by atomic mass is 10.1. The Morgan fingerprint density at radius 3 is 2.59 bits per heavy atom. The minimum absolute atomic E-state index is 0.0584. The second-order valence-electron chi connectivity index (χ2n) is 6.17. The number of rotatable bonds is 10. The largest absolute Gasteiger partial charge is 0.369 e. The fourth-order valence-corrected chi connectivity index (χ4v) is 3.27. The Kier molecular flexibility index (Phi) is 6.36. The first-order valence-corrected chi connectivity index (χ1v) is 10.7. The van der Waals surface area contributed by atoms with Crippen molar-refractivity contribution in [3.8, 4) is 0 Å². The van der Waals surface area contributed by atoms with Crippen LogP contribution >= 0.6 is 0 Å². The fourth-order valence-electron chi connectivity index (χ4n) is 2.66. The van der Waals surface area contributed by atoms with Gasteiger partial charge in [-0.25, -0.2) is 13.1 Å². The third kappa shape index (κ3) is 5.48. The van der Waals surface area contributed by atoms with Gasteiger partial charge in [-0.3, -0.25) is 0 Å². The first kappa shape index (κ1) is 19.2. The van der Waals surface area contributed by atoms with Gasteiger partial charge in [-0.2, -0.15) is 4.52 Å². The maximum Gasteiger partial charge on any atom is 0.211 e. The summed E-state index contributed by atoms with van der Waals surface area (Å²) in [6.07, 6.45) is 2.42. The summed E-state index contributed by atoms with van der Waals surface area (Å²) in [5, 5.41) is 16.0. The Morgan fingerprint density at radius 1 is 1.00 bits per heavy atom. The summed E-state index contributed by atoms with van der Waals surface area (Å²) >= 11 is 0. The molecule has 0 aliphatic heterocycles. The highest BCUT2D eigenvalue weighted by Gasteiger charge is 2.10.